The zero-order chi connectivity index (χ0) is 30.1. The SMILES string of the molecule is C[C@@H]1CN(Cc2ccc(-n3c(-c4cccnc4N)nc4ccc(-c5ccccc5)nc43)cc2)CCN1C(=O)OC(C)(C)C. The number of pyridine rings is 2. The Kier molecular flexibility index (Phi) is 7.58. The van der Waals surface area contributed by atoms with Crippen molar-refractivity contribution in [2.75, 3.05) is 25.4 Å². The number of nitrogens with two attached hydrogens (primary N) is 1. The summed E-state index contributed by atoms with van der Waals surface area (Å²) in [5.74, 6) is 1.11. The van der Waals surface area contributed by atoms with Crippen molar-refractivity contribution < 1.29 is 9.53 Å². The van der Waals surface area contributed by atoms with Crippen LogP contribution < -0.4 is 5.73 Å². The molecule has 0 bridgehead atoms. The molecule has 1 aliphatic rings. The number of benzene rings is 2. The molecule has 3 aromatic heterocycles. The Balaban J connectivity index is 1.28. The number of imidazole rings is 1. The number of hydrogen-bond acceptors (Lipinski definition) is 7. The molecule has 6 rings (SSSR count). The summed E-state index contributed by atoms with van der Waals surface area (Å²) in [6, 6.07) is 26.5. The van der Waals surface area contributed by atoms with E-state index >= 15 is 0 Å². The van der Waals surface area contributed by atoms with Crippen LogP contribution >= 0.6 is 0 Å². The third kappa shape index (κ3) is 6.08. The van der Waals surface area contributed by atoms with Gasteiger partial charge in [-0.15, -0.1) is 0 Å². The number of ether oxygens (including phenoxy) is 1. The molecule has 0 spiro atoms. The molecule has 1 atom stereocenters. The van der Waals surface area contributed by atoms with Gasteiger partial charge in [0.25, 0.3) is 0 Å². The van der Waals surface area contributed by atoms with Crippen LogP contribution in [-0.2, 0) is 11.3 Å². The van der Waals surface area contributed by atoms with E-state index in [1.165, 1.54) is 5.56 Å². The van der Waals surface area contributed by atoms with Crippen LogP contribution in [0.1, 0.15) is 33.3 Å². The van der Waals surface area contributed by atoms with Crippen LogP contribution in [0.4, 0.5) is 10.6 Å². The van der Waals surface area contributed by atoms with Gasteiger partial charge in [-0.25, -0.2) is 19.7 Å². The number of fused-ring (bicyclic) bond motifs is 1. The lowest BCUT2D eigenvalue weighted by Gasteiger charge is -2.40. The van der Waals surface area contributed by atoms with Crippen molar-refractivity contribution in [3.8, 4) is 28.3 Å². The van der Waals surface area contributed by atoms with Gasteiger partial charge in [-0.2, -0.15) is 0 Å². The standard InChI is InChI=1S/C34H37N7O2/c1-23-21-39(19-20-40(23)33(42)43-34(2,3)4)22-24-12-14-26(15-13-24)41-31(27-11-8-18-36-30(27)35)38-29-17-16-28(37-32(29)41)25-9-6-5-7-10-25/h5-18,23H,19-22H2,1-4H3,(H2,35,36)/t23-/m1/s1. The predicted octanol–water partition coefficient (Wildman–Crippen LogP) is 6.17. The summed E-state index contributed by atoms with van der Waals surface area (Å²) in [5.41, 5.74) is 12.1. The summed E-state index contributed by atoms with van der Waals surface area (Å²) in [6.07, 6.45) is 1.44. The topological polar surface area (TPSA) is 102 Å². The number of anilines is 1. The van der Waals surface area contributed by atoms with Gasteiger partial charge in [0.15, 0.2) is 11.5 Å². The van der Waals surface area contributed by atoms with Crippen LogP contribution in [0.3, 0.4) is 0 Å². The molecule has 1 aliphatic heterocycles. The van der Waals surface area contributed by atoms with Crippen LogP contribution in [0, 0.1) is 0 Å². The number of piperazine rings is 1. The zero-order valence-corrected chi connectivity index (χ0v) is 25.1. The van der Waals surface area contributed by atoms with Gasteiger partial charge in [-0.1, -0.05) is 42.5 Å². The first kappa shape index (κ1) is 28.4. The molecule has 2 aromatic carbocycles. The lowest BCUT2D eigenvalue weighted by molar-refractivity contribution is 0.000558. The minimum Gasteiger partial charge on any atom is -0.444 e. The fraction of sp³-hybridized carbons (Fsp3) is 0.294. The quantitative estimate of drug-likeness (QED) is 0.267. The van der Waals surface area contributed by atoms with Gasteiger partial charge in [-0.3, -0.25) is 9.47 Å². The number of nitrogens with zero attached hydrogens (tertiary/aromatic N) is 6. The van der Waals surface area contributed by atoms with Crippen LogP contribution in [-0.4, -0.2) is 66.7 Å². The largest absolute Gasteiger partial charge is 0.444 e. The van der Waals surface area contributed by atoms with Crippen LogP contribution in [0.25, 0.3) is 39.5 Å². The Labute approximate surface area is 252 Å². The maximum atomic E-state index is 12.6. The van der Waals surface area contributed by atoms with Crippen molar-refractivity contribution in [3.05, 3.63) is 90.6 Å². The first-order valence-corrected chi connectivity index (χ1v) is 14.6. The summed E-state index contributed by atoms with van der Waals surface area (Å²) in [5, 5.41) is 0. The monoisotopic (exact) mass is 575 g/mol. The number of carbonyl (C=O) groups is 1. The molecule has 2 N–H and O–H groups in total. The number of nitrogen functional groups attached to an aromatic ring is 1. The number of aromatic nitrogens is 4. The van der Waals surface area contributed by atoms with E-state index in [-0.39, 0.29) is 12.1 Å². The van der Waals surface area contributed by atoms with Crippen molar-refractivity contribution in [1.29, 1.82) is 0 Å². The highest BCUT2D eigenvalue weighted by molar-refractivity contribution is 5.84. The first-order chi connectivity index (χ1) is 20.7. The minimum atomic E-state index is -0.502. The maximum Gasteiger partial charge on any atom is 0.410 e. The second-order valence-corrected chi connectivity index (χ2v) is 12.0. The van der Waals surface area contributed by atoms with E-state index in [1.807, 2.05) is 68.1 Å². The minimum absolute atomic E-state index is 0.0672. The summed E-state index contributed by atoms with van der Waals surface area (Å²) >= 11 is 0. The van der Waals surface area contributed by atoms with E-state index < -0.39 is 5.60 Å². The summed E-state index contributed by atoms with van der Waals surface area (Å²) < 4.78 is 7.66. The number of carbonyl (C=O) groups excluding carboxylic acids is 1. The average molecular weight is 576 g/mol. The number of hydrogen-bond donors (Lipinski definition) is 1. The molecule has 43 heavy (non-hydrogen) atoms. The highest BCUT2D eigenvalue weighted by atomic mass is 16.6. The van der Waals surface area contributed by atoms with Gasteiger partial charge in [-0.05, 0) is 69.7 Å². The lowest BCUT2D eigenvalue weighted by atomic mass is 10.1. The molecule has 4 heterocycles. The number of amides is 1. The van der Waals surface area contributed by atoms with E-state index in [2.05, 4.69) is 57.8 Å². The van der Waals surface area contributed by atoms with E-state index in [0.29, 0.717) is 18.2 Å². The van der Waals surface area contributed by atoms with Crippen LogP contribution in [0.15, 0.2) is 85.1 Å². The van der Waals surface area contributed by atoms with Gasteiger partial charge < -0.3 is 15.4 Å². The predicted molar refractivity (Wildman–Crippen MR) is 170 cm³/mol. The normalized spacial score (nSPS) is 16.0. The Morgan fingerprint density at radius 2 is 1.72 bits per heavy atom. The number of rotatable bonds is 5. The van der Waals surface area contributed by atoms with Crippen molar-refractivity contribution in [1.82, 2.24) is 29.3 Å². The molecule has 0 radical (unpaired) electrons. The Bertz CT molecular complexity index is 1740. The molecule has 9 nitrogen and oxygen atoms in total. The van der Waals surface area contributed by atoms with Gasteiger partial charge in [0.05, 0.1) is 11.3 Å². The highest BCUT2D eigenvalue weighted by Crippen LogP contribution is 2.32. The van der Waals surface area contributed by atoms with E-state index in [9.17, 15) is 4.79 Å². The van der Waals surface area contributed by atoms with Gasteiger partial charge in [0.2, 0.25) is 0 Å². The van der Waals surface area contributed by atoms with E-state index in [0.717, 1.165) is 53.3 Å². The molecule has 0 saturated carbocycles. The van der Waals surface area contributed by atoms with Gasteiger partial charge in [0.1, 0.15) is 16.9 Å². The Hall–Kier alpha value is -4.76. The average Bonchev–Trinajstić information content (AvgIpc) is 3.36. The second-order valence-electron chi connectivity index (χ2n) is 12.0. The molecular formula is C34H37N7O2. The van der Waals surface area contributed by atoms with E-state index in [1.54, 1.807) is 6.20 Å². The summed E-state index contributed by atoms with van der Waals surface area (Å²) in [4.78, 5) is 31.2. The highest BCUT2D eigenvalue weighted by Gasteiger charge is 2.30. The van der Waals surface area contributed by atoms with Crippen LogP contribution in [0.5, 0.6) is 0 Å². The van der Waals surface area contributed by atoms with Gasteiger partial charge in [0, 0.05) is 49.7 Å². The van der Waals surface area contributed by atoms with Crippen molar-refractivity contribution in [3.63, 3.8) is 0 Å². The first-order valence-electron chi connectivity index (χ1n) is 14.6. The molecular weight excluding hydrogens is 538 g/mol. The molecule has 1 fully saturated rings. The van der Waals surface area contributed by atoms with Crippen molar-refractivity contribution >= 4 is 23.1 Å². The van der Waals surface area contributed by atoms with Crippen molar-refractivity contribution in [2.24, 2.45) is 0 Å². The fourth-order valence-electron chi connectivity index (χ4n) is 5.54. The smallest absolute Gasteiger partial charge is 0.410 e. The summed E-state index contributed by atoms with van der Waals surface area (Å²) in [6.45, 7) is 10.8. The molecule has 1 amide bonds. The van der Waals surface area contributed by atoms with Crippen molar-refractivity contribution in [2.45, 2.75) is 45.9 Å². The van der Waals surface area contributed by atoms with Crippen LogP contribution in [0.2, 0.25) is 0 Å². The Morgan fingerprint density at radius 1 is 0.953 bits per heavy atom. The molecule has 1 saturated heterocycles. The Morgan fingerprint density at radius 3 is 2.42 bits per heavy atom. The molecule has 5 aromatic rings. The zero-order valence-electron chi connectivity index (χ0n) is 25.1. The lowest BCUT2D eigenvalue weighted by Crippen LogP contribution is -2.54. The third-order valence-corrected chi connectivity index (χ3v) is 7.59. The summed E-state index contributed by atoms with van der Waals surface area (Å²) in [7, 11) is 0. The second kappa shape index (κ2) is 11.5. The molecule has 220 valence electrons. The van der Waals surface area contributed by atoms with E-state index in [4.69, 9.17) is 20.4 Å². The molecule has 9 heteroatoms. The fourth-order valence-corrected chi connectivity index (χ4v) is 5.54. The molecule has 0 aliphatic carbocycles. The maximum absolute atomic E-state index is 12.6. The van der Waals surface area contributed by atoms with Gasteiger partial charge >= 0.3 is 6.09 Å². The molecule has 0 unspecified atom stereocenters. The third-order valence-electron chi connectivity index (χ3n) is 7.59.